The molecular weight excluding hydrogens is 254 g/mol. The fourth-order valence-corrected chi connectivity index (χ4v) is 2.26. The fourth-order valence-electron chi connectivity index (χ4n) is 2.26. The standard InChI is InChI=1S/C14H23N5O/c1-18(2)7-5-6-15-13-10-12(16-11-17-13)14(20)19-8-3-4-9-19/h10-11H,3-9H2,1-2H3,(H,15,16,17). The number of nitrogens with one attached hydrogen (secondary N) is 1. The van der Waals surface area contributed by atoms with Gasteiger partial charge in [0, 0.05) is 25.7 Å². The summed E-state index contributed by atoms with van der Waals surface area (Å²) in [5, 5.41) is 3.24. The molecule has 20 heavy (non-hydrogen) atoms. The average Bonchev–Trinajstić information content (AvgIpc) is 2.97. The van der Waals surface area contributed by atoms with Gasteiger partial charge in [-0.2, -0.15) is 0 Å². The second-order valence-electron chi connectivity index (χ2n) is 5.37. The third-order valence-corrected chi connectivity index (χ3v) is 3.37. The highest BCUT2D eigenvalue weighted by atomic mass is 16.2. The van der Waals surface area contributed by atoms with Gasteiger partial charge in [0.05, 0.1) is 0 Å². The van der Waals surface area contributed by atoms with Crippen LogP contribution in [0.25, 0.3) is 0 Å². The molecule has 1 aliphatic rings. The summed E-state index contributed by atoms with van der Waals surface area (Å²) >= 11 is 0. The summed E-state index contributed by atoms with van der Waals surface area (Å²) in [5.41, 5.74) is 0.483. The van der Waals surface area contributed by atoms with Gasteiger partial charge in [-0.15, -0.1) is 0 Å². The van der Waals surface area contributed by atoms with E-state index in [9.17, 15) is 4.79 Å². The lowest BCUT2D eigenvalue weighted by Gasteiger charge is -2.15. The molecule has 110 valence electrons. The molecule has 1 N–H and O–H groups in total. The van der Waals surface area contributed by atoms with E-state index < -0.39 is 0 Å². The van der Waals surface area contributed by atoms with E-state index in [1.807, 2.05) is 4.90 Å². The summed E-state index contributed by atoms with van der Waals surface area (Å²) in [6, 6.07) is 1.75. The lowest BCUT2D eigenvalue weighted by molar-refractivity contribution is 0.0787. The minimum absolute atomic E-state index is 0.0150. The largest absolute Gasteiger partial charge is 0.370 e. The molecule has 2 rings (SSSR count). The van der Waals surface area contributed by atoms with E-state index >= 15 is 0 Å². The van der Waals surface area contributed by atoms with Crippen LogP contribution in [0, 0.1) is 0 Å². The molecule has 0 spiro atoms. The summed E-state index contributed by atoms with van der Waals surface area (Å²) in [4.78, 5) is 24.5. The molecule has 1 amide bonds. The highest BCUT2D eigenvalue weighted by molar-refractivity contribution is 5.93. The summed E-state index contributed by atoms with van der Waals surface area (Å²) in [5.74, 6) is 0.738. The normalized spacial score (nSPS) is 14.8. The van der Waals surface area contributed by atoms with Gasteiger partial charge in [0.15, 0.2) is 0 Å². The number of hydrogen-bond acceptors (Lipinski definition) is 5. The lowest BCUT2D eigenvalue weighted by Crippen LogP contribution is -2.28. The van der Waals surface area contributed by atoms with E-state index in [0.29, 0.717) is 5.69 Å². The zero-order valence-corrected chi connectivity index (χ0v) is 12.3. The Morgan fingerprint density at radius 3 is 2.80 bits per heavy atom. The van der Waals surface area contributed by atoms with E-state index in [-0.39, 0.29) is 5.91 Å². The second-order valence-corrected chi connectivity index (χ2v) is 5.37. The average molecular weight is 277 g/mol. The number of likely N-dealkylation sites (tertiary alicyclic amines) is 1. The zero-order valence-electron chi connectivity index (χ0n) is 12.3. The Kier molecular flexibility index (Phi) is 5.29. The first-order chi connectivity index (χ1) is 9.66. The maximum Gasteiger partial charge on any atom is 0.272 e. The number of aromatic nitrogens is 2. The van der Waals surface area contributed by atoms with Crippen molar-refractivity contribution in [1.82, 2.24) is 19.8 Å². The third-order valence-electron chi connectivity index (χ3n) is 3.37. The second kappa shape index (κ2) is 7.19. The van der Waals surface area contributed by atoms with Crippen molar-refractivity contribution >= 4 is 11.7 Å². The van der Waals surface area contributed by atoms with Gasteiger partial charge in [0.2, 0.25) is 0 Å². The third kappa shape index (κ3) is 4.16. The Hall–Kier alpha value is -1.69. The smallest absolute Gasteiger partial charge is 0.272 e. The number of carbonyl (C=O) groups is 1. The minimum atomic E-state index is 0.0150. The predicted molar refractivity (Wildman–Crippen MR) is 78.8 cm³/mol. The van der Waals surface area contributed by atoms with E-state index in [2.05, 4.69) is 34.3 Å². The van der Waals surface area contributed by atoms with E-state index in [1.54, 1.807) is 6.07 Å². The Bertz CT molecular complexity index is 443. The number of carbonyl (C=O) groups excluding carboxylic acids is 1. The van der Waals surface area contributed by atoms with Gasteiger partial charge in [-0.05, 0) is 39.9 Å². The number of hydrogen-bond donors (Lipinski definition) is 1. The lowest BCUT2D eigenvalue weighted by atomic mass is 10.3. The molecule has 6 heteroatoms. The molecule has 0 radical (unpaired) electrons. The number of anilines is 1. The first-order valence-corrected chi connectivity index (χ1v) is 7.17. The van der Waals surface area contributed by atoms with Crippen LogP contribution in [-0.2, 0) is 0 Å². The van der Waals surface area contributed by atoms with Gasteiger partial charge >= 0.3 is 0 Å². The maximum absolute atomic E-state index is 12.2. The van der Waals surface area contributed by atoms with Crippen LogP contribution in [0.15, 0.2) is 12.4 Å². The van der Waals surface area contributed by atoms with Gasteiger partial charge in [0.25, 0.3) is 5.91 Å². The summed E-state index contributed by atoms with van der Waals surface area (Å²) in [6.45, 7) is 3.55. The van der Waals surface area contributed by atoms with E-state index in [4.69, 9.17) is 0 Å². The van der Waals surface area contributed by atoms with Gasteiger partial charge in [-0.25, -0.2) is 9.97 Å². The molecule has 0 aliphatic carbocycles. The van der Waals surface area contributed by atoms with E-state index in [1.165, 1.54) is 6.33 Å². The molecule has 1 aromatic rings. The van der Waals surface area contributed by atoms with Crippen molar-refractivity contribution in [3.05, 3.63) is 18.1 Å². The van der Waals surface area contributed by atoms with Crippen molar-refractivity contribution in [2.24, 2.45) is 0 Å². The van der Waals surface area contributed by atoms with Crippen LogP contribution >= 0.6 is 0 Å². The van der Waals surface area contributed by atoms with Crippen LogP contribution in [0.4, 0.5) is 5.82 Å². The number of amides is 1. The maximum atomic E-state index is 12.2. The monoisotopic (exact) mass is 277 g/mol. The van der Waals surface area contributed by atoms with Crippen molar-refractivity contribution in [3.63, 3.8) is 0 Å². The van der Waals surface area contributed by atoms with E-state index in [0.717, 1.165) is 51.3 Å². The summed E-state index contributed by atoms with van der Waals surface area (Å²) in [6.07, 6.45) is 4.67. The Morgan fingerprint density at radius 1 is 1.35 bits per heavy atom. The van der Waals surface area contributed by atoms with Crippen LogP contribution in [0.2, 0.25) is 0 Å². The Labute approximate surface area is 120 Å². The van der Waals surface area contributed by atoms with Crippen LogP contribution in [-0.4, -0.2) is 65.9 Å². The summed E-state index contributed by atoms with van der Waals surface area (Å²) in [7, 11) is 4.11. The highest BCUT2D eigenvalue weighted by Gasteiger charge is 2.20. The van der Waals surface area contributed by atoms with Crippen LogP contribution in [0.5, 0.6) is 0 Å². The fraction of sp³-hybridized carbons (Fsp3) is 0.643. The molecule has 6 nitrogen and oxygen atoms in total. The molecular formula is C14H23N5O. The highest BCUT2D eigenvalue weighted by Crippen LogP contribution is 2.13. The van der Waals surface area contributed by atoms with Gasteiger partial charge in [-0.1, -0.05) is 0 Å². The van der Waals surface area contributed by atoms with Crippen LogP contribution in [0.3, 0.4) is 0 Å². The molecule has 1 aromatic heterocycles. The number of rotatable bonds is 6. The quantitative estimate of drug-likeness (QED) is 0.788. The van der Waals surface area contributed by atoms with Crippen molar-refractivity contribution in [2.75, 3.05) is 45.6 Å². The Morgan fingerprint density at radius 2 is 2.10 bits per heavy atom. The number of nitrogens with zero attached hydrogens (tertiary/aromatic N) is 4. The van der Waals surface area contributed by atoms with Crippen LogP contribution < -0.4 is 5.32 Å². The van der Waals surface area contributed by atoms with Gasteiger partial charge < -0.3 is 15.1 Å². The minimum Gasteiger partial charge on any atom is -0.370 e. The molecule has 0 aromatic carbocycles. The first-order valence-electron chi connectivity index (χ1n) is 7.17. The Balaban J connectivity index is 1.88. The molecule has 0 saturated carbocycles. The molecule has 0 atom stereocenters. The van der Waals surface area contributed by atoms with Crippen molar-refractivity contribution in [2.45, 2.75) is 19.3 Å². The summed E-state index contributed by atoms with van der Waals surface area (Å²) < 4.78 is 0. The topological polar surface area (TPSA) is 61.4 Å². The van der Waals surface area contributed by atoms with Crippen molar-refractivity contribution < 1.29 is 4.79 Å². The van der Waals surface area contributed by atoms with Crippen LogP contribution in [0.1, 0.15) is 29.8 Å². The SMILES string of the molecule is CN(C)CCCNc1cc(C(=O)N2CCCC2)ncn1. The molecule has 1 saturated heterocycles. The van der Waals surface area contributed by atoms with Crippen molar-refractivity contribution in [1.29, 1.82) is 0 Å². The molecule has 1 aliphatic heterocycles. The molecule has 0 unspecified atom stereocenters. The predicted octanol–water partition coefficient (Wildman–Crippen LogP) is 1.08. The molecule has 0 bridgehead atoms. The van der Waals surface area contributed by atoms with Gasteiger partial charge in [-0.3, -0.25) is 4.79 Å². The van der Waals surface area contributed by atoms with Gasteiger partial charge in [0.1, 0.15) is 17.8 Å². The molecule has 2 heterocycles. The first kappa shape index (κ1) is 14.7. The van der Waals surface area contributed by atoms with Crippen molar-refractivity contribution in [3.8, 4) is 0 Å². The zero-order chi connectivity index (χ0) is 14.4. The molecule has 1 fully saturated rings.